The molecule has 0 heterocycles. The first-order valence-corrected chi connectivity index (χ1v) is 8.01. The highest BCUT2D eigenvalue weighted by Gasteiger charge is 2.39. The van der Waals surface area contributed by atoms with Crippen molar-refractivity contribution in [2.24, 2.45) is 0 Å². The van der Waals surface area contributed by atoms with Gasteiger partial charge in [-0.15, -0.1) is 6.58 Å². The molecule has 0 fully saturated rings. The quantitative estimate of drug-likeness (QED) is 0.578. The molecule has 0 bridgehead atoms. The molecule has 3 heteroatoms. The van der Waals surface area contributed by atoms with E-state index in [1.165, 1.54) is 6.08 Å². The maximum absolute atomic E-state index is 9.53. The Kier molecular flexibility index (Phi) is 4.56. The zero-order valence-electron chi connectivity index (χ0n) is 10.3. The summed E-state index contributed by atoms with van der Waals surface area (Å²) in [6.07, 6.45) is 0.801. The highest BCUT2D eigenvalue weighted by atomic mass is 28.4. The molecule has 0 radical (unpaired) electrons. The molecule has 0 spiro atoms. The Balaban J connectivity index is 4.44. The molecule has 1 N–H and O–H groups in total. The van der Waals surface area contributed by atoms with Crippen LogP contribution in [0.3, 0.4) is 0 Å². The van der Waals surface area contributed by atoms with Gasteiger partial charge in [-0.25, -0.2) is 0 Å². The molecule has 84 valence electrons. The highest BCUT2D eigenvalue weighted by Crippen LogP contribution is 2.37. The van der Waals surface area contributed by atoms with Crippen LogP contribution in [0.5, 0.6) is 0 Å². The van der Waals surface area contributed by atoms with E-state index < -0.39 is 14.4 Å². The summed E-state index contributed by atoms with van der Waals surface area (Å²) in [6.45, 7) is 16.4. The Morgan fingerprint density at radius 3 is 2.07 bits per heavy atom. The van der Waals surface area contributed by atoms with Crippen molar-refractivity contribution in [1.82, 2.24) is 0 Å². The summed E-state index contributed by atoms with van der Waals surface area (Å²) in [5, 5.41) is 9.72. The van der Waals surface area contributed by atoms with E-state index in [1.807, 2.05) is 6.92 Å². The lowest BCUT2D eigenvalue weighted by atomic mass is 10.2. The number of aliphatic hydroxyl groups excluding tert-OH is 1. The second kappa shape index (κ2) is 4.60. The smallest absolute Gasteiger partial charge is 0.192 e. The van der Waals surface area contributed by atoms with Crippen LogP contribution < -0.4 is 0 Å². The number of hydrogen-bond donors (Lipinski definition) is 1. The van der Waals surface area contributed by atoms with Crippen molar-refractivity contribution in [3.8, 4) is 0 Å². The zero-order chi connectivity index (χ0) is 11.6. The second-order valence-electron chi connectivity index (χ2n) is 5.31. The summed E-state index contributed by atoms with van der Waals surface area (Å²) in [7, 11) is -1.75. The molecule has 0 amide bonds. The van der Waals surface area contributed by atoms with Crippen LogP contribution in [0.2, 0.25) is 18.1 Å². The third kappa shape index (κ3) is 3.56. The summed E-state index contributed by atoms with van der Waals surface area (Å²) in [6, 6.07) is 0. The molecule has 0 aliphatic carbocycles. The van der Waals surface area contributed by atoms with Gasteiger partial charge in [0.2, 0.25) is 0 Å². The predicted molar refractivity (Wildman–Crippen MR) is 63.9 cm³/mol. The van der Waals surface area contributed by atoms with E-state index in [2.05, 4.69) is 40.4 Å². The van der Waals surface area contributed by atoms with Gasteiger partial charge in [0.25, 0.3) is 0 Å². The van der Waals surface area contributed by atoms with E-state index in [0.29, 0.717) is 0 Å². The minimum Gasteiger partial charge on any atom is -0.411 e. The van der Waals surface area contributed by atoms with Gasteiger partial charge in [0.05, 0.1) is 12.2 Å². The Hall–Kier alpha value is -0.123. The van der Waals surface area contributed by atoms with Gasteiger partial charge in [-0.05, 0) is 25.1 Å². The lowest BCUT2D eigenvalue weighted by Gasteiger charge is -2.39. The van der Waals surface area contributed by atoms with Crippen molar-refractivity contribution < 1.29 is 9.53 Å². The van der Waals surface area contributed by atoms with Crippen LogP contribution >= 0.6 is 0 Å². The normalized spacial score (nSPS) is 17.6. The molecular formula is C11H24O2Si. The molecule has 0 aromatic heterocycles. The molecule has 0 aromatic rings. The van der Waals surface area contributed by atoms with Crippen LogP contribution in [-0.2, 0) is 4.43 Å². The monoisotopic (exact) mass is 216 g/mol. The van der Waals surface area contributed by atoms with Gasteiger partial charge < -0.3 is 9.53 Å². The first-order chi connectivity index (χ1) is 6.12. The molecular weight excluding hydrogens is 192 g/mol. The average molecular weight is 216 g/mol. The van der Waals surface area contributed by atoms with E-state index in [9.17, 15) is 5.11 Å². The Bertz CT molecular complexity index is 194. The largest absolute Gasteiger partial charge is 0.411 e. The fourth-order valence-electron chi connectivity index (χ4n) is 0.903. The fraction of sp³-hybridized carbons (Fsp3) is 0.818. The maximum atomic E-state index is 9.53. The molecule has 0 saturated heterocycles. The van der Waals surface area contributed by atoms with Gasteiger partial charge in [0.1, 0.15) is 0 Å². The maximum Gasteiger partial charge on any atom is 0.192 e. The van der Waals surface area contributed by atoms with Crippen molar-refractivity contribution in [1.29, 1.82) is 0 Å². The topological polar surface area (TPSA) is 29.5 Å². The van der Waals surface area contributed by atoms with Crippen LogP contribution in [-0.4, -0.2) is 25.6 Å². The van der Waals surface area contributed by atoms with Gasteiger partial charge >= 0.3 is 0 Å². The van der Waals surface area contributed by atoms with E-state index in [1.54, 1.807) is 0 Å². The van der Waals surface area contributed by atoms with Crippen molar-refractivity contribution in [3.05, 3.63) is 12.7 Å². The first kappa shape index (κ1) is 13.9. The SMILES string of the molecule is C=C[C@H](O)[C@@H](C)O[Si](C)(C)C(C)(C)C. The van der Waals surface area contributed by atoms with Crippen LogP contribution in [0.4, 0.5) is 0 Å². The Morgan fingerprint density at radius 2 is 1.79 bits per heavy atom. The summed E-state index contributed by atoms with van der Waals surface area (Å²) in [5.74, 6) is 0. The van der Waals surface area contributed by atoms with E-state index in [-0.39, 0.29) is 11.1 Å². The Labute approximate surface area is 89.1 Å². The minimum absolute atomic E-state index is 0.159. The number of rotatable bonds is 4. The molecule has 0 rings (SSSR count). The Morgan fingerprint density at radius 1 is 1.36 bits per heavy atom. The number of aliphatic hydroxyl groups is 1. The molecule has 2 atom stereocenters. The third-order valence-corrected chi connectivity index (χ3v) is 7.58. The lowest BCUT2D eigenvalue weighted by molar-refractivity contribution is 0.0695. The van der Waals surface area contributed by atoms with Crippen molar-refractivity contribution in [3.63, 3.8) is 0 Å². The summed E-state index contributed by atoms with van der Waals surface area (Å²) in [4.78, 5) is 0. The van der Waals surface area contributed by atoms with Crippen molar-refractivity contribution >= 4 is 8.32 Å². The average Bonchev–Trinajstić information content (AvgIpc) is 2.00. The van der Waals surface area contributed by atoms with Gasteiger partial charge in [-0.3, -0.25) is 0 Å². The minimum atomic E-state index is -1.75. The molecule has 0 aromatic carbocycles. The summed E-state index contributed by atoms with van der Waals surface area (Å²) in [5.41, 5.74) is 0. The predicted octanol–water partition coefficient (Wildman–Crippen LogP) is 2.94. The van der Waals surface area contributed by atoms with E-state index in [0.717, 1.165) is 0 Å². The van der Waals surface area contributed by atoms with Crippen LogP contribution in [0, 0.1) is 0 Å². The summed E-state index contributed by atoms with van der Waals surface area (Å²) < 4.78 is 5.97. The fourth-order valence-corrected chi connectivity index (χ4v) is 2.33. The van der Waals surface area contributed by atoms with Crippen LogP contribution in [0.15, 0.2) is 12.7 Å². The van der Waals surface area contributed by atoms with Gasteiger partial charge in [0, 0.05) is 0 Å². The van der Waals surface area contributed by atoms with E-state index >= 15 is 0 Å². The highest BCUT2D eigenvalue weighted by molar-refractivity contribution is 6.74. The molecule has 14 heavy (non-hydrogen) atoms. The first-order valence-electron chi connectivity index (χ1n) is 5.10. The second-order valence-corrected chi connectivity index (χ2v) is 10.1. The van der Waals surface area contributed by atoms with Gasteiger partial charge in [-0.1, -0.05) is 26.8 Å². The standard InChI is InChI=1S/C11H24O2Si/c1-8-10(12)9(2)13-14(6,7)11(3,4)5/h8-10,12H,1H2,2-7H3/t9-,10+/m1/s1. The molecule has 0 aliphatic rings. The molecule has 0 aliphatic heterocycles. The van der Waals surface area contributed by atoms with Gasteiger partial charge in [0.15, 0.2) is 8.32 Å². The molecule has 0 unspecified atom stereocenters. The van der Waals surface area contributed by atoms with Crippen LogP contribution in [0.25, 0.3) is 0 Å². The molecule has 2 nitrogen and oxygen atoms in total. The lowest BCUT2D eigenvalue weighted by Crippen LogP contribution is -2.45. The number of hydrogen-bond acceptors (Lipinski definition) is 2. The van der Waals surface area contributed by atoms with Crippen molar-refractivity contribution in [2.45, 2.75) is 58.0 Å². The van der Waals surface area contributed by atoms with Gasteiger partial charge in [-0.2, -0.15) is 0 Å². The summed E-state index contributed by atoms with van der Waals surface area (Å²) >= 11 is 0. The van der Waals surface area contributed by atoms with Crippen molar-refractivity contribution in [2.75, 3.05) is 0 Å². The van der Waals surface area contributed by atoms with E-state index in [4.69, 9.17) is 4.43 Å². The third-order valence-electron chi connectivity index (χ3n) is 3.01. The zero-order valence-corrected chi connectivity index (χ0v) is 11.3. The van der Waals surface area contributed by atoms with Crippen LogP contribution in [0.1, 0.15) is 27.7 Å². The molecule has 0 saturated carbocycles.